The van der Waals surface area contributed by atoms with Crippen molar-refractivity contribution in [1.29, 1.82) is 0 Å². The minimum absolute atomic E-state index is 0.558. The molecule has 0 saturated carbocycles. The van der Waals surface area contributed by atoms with Gasteiger partial charge in [0.15, 0.2) is 5.82 Å². The highest BCUT2D eigenvalue weighted by Gasteiger charge is 2.23. The predicted octanol–water partition coefficient (Wildman–Crippen LogP) is 2.34. The normalized spacial score (nSPS) is 13.7. The van der Waals surface area contributed by atoms with Crippen LogP contribution in [0.15, 0.2) is 0 Å². The van der Waals surface area contributed by atoms with E-state index in [0.717, 1.165) is 41.8 Å². The summed E-state index contributed by atoms with van der Waals surface area (Å²) in [5.74, 6) is 1.26. The predicted molar refractivity (Wildman–Crippen MR) is 72.6 cm³/mol. The van der Waals surface area contributed by atoms with Crippen molar-refractivity contribution in [3.63, 3.8) is 0 Å². The maximum atomic E-state index is 6.26. The topological polar surface area (TPSA) is 52.8 Å². The van der Waals surface area contributed by atoms with Gasteiger partial charge in [-0.05, 0) is 26.2 Å². The van der Waals surface area contributed by atoms with Crippen LogP contribution in [0.3, 0.4) is 0 Å². The van der Waals surface area contributed by atoms with E-state index in [1.165, 1.54) is 0 Å². The molecule has 0 atom stereocenters. The minimum atomic E-state index is 0.558. The molecule has 0 spiro atoms. The molecule has 19 heavy (non-hydrogen) atoms. The molecule has 0 saturated heterocycles. The summed E-state index contributed by atoms with van der Waals surface area (Å²) in [6.45, 7) is 1.92. The van der Waals surface area contributed by atoms with Crippen molar-refractivity contribution in [1.82, 2.24) is 19.7 Å². The summed E-state index contributed by atoms with van der Waals surface area (Å²) in [5, 5.41) is 4.91. The summed E-state index contributed by atoms with van der Waals surface area (Å²) < 4.78 is 7.08. The number of halogens is 1. The van der Waals surface area contributed by atoms with Crippen LogP contribution in [-0.2, 0) is 19.9 Å². The van der Waals surface area contributed by atoms with E-state index in [2.05, 4.69) is 15.1 Å². The molecule has 5 nitrogen and oxygen atoms in total. The molecule has 1 aliphatic rings. The number of aromatic nitrogens is 4. The quantitative estimate of drug-likeness (QED) is 0.791. The van der Waals surface area contributed by atoms with E-state index < -0.39 is 0 Å². The lowest BCUT2D eigenvalue weighted by Crippen LogP contribution is -2.00. The highest BCUT2D eigenvalue weighted by atomic mass is 35.5. The van der Waals surface area contributed by atoms with Gasteiger partial charge in [-0.1, -0.05) is 11.6 Å². The number of hydrogen-bond donors (Lipinski definition) is 0. The number of fused-ring (bicyclic) bond motifs is 1. The summed E-state index contributed by atoms with van der Waals surface area (Å²) in [7, 11) is 3.46. The van der Waals surface area contributed by atoms with E-state index in [-0.39, 0.29) is 0 Å². The summed E-state index contributed by atoms with van der Waals surface area (Å²) in [5.41, 5.74) is 3.81. The Hall–Kier alpha value is -1.62. The fourth-order valence-electron chi connectivity index (χ4n) is 2.63. The zero-order valence-electron chi connectivity index (χ0n) is 11.2. The van der Waals surface area contributed by atoms with Crippen molar-refractivity contribution in [2.24, 2.45) is 7.05 Å². The molecular formula is C13H15ClN4O. The van der Waals surface area contributed by atoms with Crippen LogP contribution in [0.2, 0.25) is 5.15 Å². The third-order valence-electron chi connectivity index (χ3n) is 3.47. The second-order valence-electron chi connectivity index (χ2n) is 4.71. The molecule has 100 valence electrons. The second-order valence-corrected chi connectivity index (χ2v) is 5.07. The molecule has 2 heterocycles. The molecular weight excluding hydrogens is 264 g/mol. The molecule has 0 aromatic carbocycles. The summed E-state index contributed by atoms with van der Waals surface area (Å²) >= 11 is 6.26. The van der Waals surface area contributed by atoms with Gasteiger partial charge >= 0.3 is 0 Å². The number of hydrogen-bond acceptors (Lipinski definition) is 4. The molecule has 6 heteroatoms. The Morgan fingerprint density at radius 3 is 2.79 bits per heavy atom. The van der Waals surface area contributed by atoms with Crippen molar-refractivity contribution in [3.05, 3.63) is 22.1 Å². The fourth-order valence-corrected chi connectivity index (χ4v) is 2.91. The van der Waals surface area contributed by atoms with Crippen LogP contribution in [0.25, 0.3) is 11.4 Å². The van der Waals surface area contributed by atoms with Gasteiger partial charge in [0.05, 0.1) is 12.8 Å². The Morgan fingerprint density at radius 2 is 2.05 bits per heavy atom. The van der Waals surface area contributed by atoms with E-state index >= 15 is 0 Å². The van der Waals surface area contributed by atoms with Gasteiger partial charge in [0.2, 0.25) is 5.88 Å². The average Bonchev–Trinajstić information content (AvgIpc) is 2.93. The van der Waals surface area contributed by atoms with E-state index in [4.69, 9.17) is 16.3 Å². The summed E-state index contributed by atoms with van der Waals surface area (Å²) in [6.07, 6.45) is 3.03. The zero-order valence-corrected chi connectivity index (χ0v) is 12.0. The first-order valence-electron chi connectivity index (χ1n) is 6.25. The van der Waals surface area contributed by atoms with E-state index in [9.17, 15) is 0 Å². The second kappa shape index (κ2) is 4.49. The van der Waals surface area contributed by atoms with Gasteiger partial charge in [-0.3, -0.25) is 0 Å². The molecule has 0 unspecified atom stereocenters. The number of nitrogens with zero attached hydrogens (tertiary/aromatic N) is 4. The van der Waals surface area contributed by atoms with Crippen molar-refractivity contribution in [3.8, 4) is 17.3 Å². The van der Waals surface area contributed by atoms with Crippen molar-refractivity contribution >= 4 is 11.6 Å². The number of aryl methyl sites for hydroxylation is 3. The smallest absolute Gasteiger partial charge is 0.222 e. The molecule has 1 aliphatic carbocycles. The molecule has 0 N–H and O–H groups in total. The lowest BCUT2D eigenvalue weighted by atomic mass is 10.2. The van der Waals surface area contributed by atoms with Crippen molar-refractivity contribution in [2.45, 2.75) is 26.2 Å². The maximum Gasteiger partial charge on any atom is 0.222 e. The first kappa shape index (κ1) is 12.4. The van der Waals surface area contributed by atoms with Gasteiger partial charge < -0.3 is 4.74 Å². The summed E-state index contributed by atoms with van der Waals surface area (Å²) in [4.78, 5) is 9.06. The zero-order chi connectivity index (χ0) is 13.6. The Morgan fingerprint density at radius 1 is 1.26 bits per heavy atom. The molecule has 0 aliphatic heterocycles. The van der Waals surface area contributed by atoms with Gasteiger partial charge in [0, 0.05) is 18.3 Å². The number of methoxy groups -OCH3 is 1. The lowest BCUT2D eigenvalue weighted by Gasteiger charge is -2.07. The molecule has 3 rings (SSSR count). The van der Waals surface area contributed by atoms with E-state index in [0.29, 0.717) is 16.9 Å². The Balaban J connectivity index is 2.20. The minimum Gasteiger partial charge on any atom is -0.481 e. The van der Waals surface area contributed by atoms with Gasteiger partial charge in [-0.15, -0.1) is 0 Å². The average molecular weight is 279 g/mol. The third kappa shape index (κ3) is 1.89. The Labute approximate surface area is 116 Å². The van der Waals surface area contributed by atoms with Gasteiger partial charge in [0.1, 0.15) is 10.7 Å². The van der Waals surface area contributed by atoms with Gasteiger partial charge in [-0.25, -0.2) is 14.6 Å². The molecule has 2 aromatic heterocycles. The van der Waals surface area contributed by atoms with Crippen LogP contribution < -0.4 is 4.74 Å². The van der Waals surface area contributed by atoms with Crippen LogP contribution in [0, 0.1) is 6.92 Å². The monoisotopic (exact) mass is 278 g/mol. The Bertz CT molecular complexity index is 651. The van der Waals surface area contributed by atoms with Crippen molar-refractivity contribution in [2.75, 3.05) is 7.11 Å². The first-order valence-corrected chi connectivity index (χ1v) is 6.63. The summed E-state index contributed by atoms with van der Waals surface area (Å²) in [6, 6.07) is 0. The standard InChI is InChI=1S/C13H15ClN4O/c1-7-10(13(19-3)18(2)17-7)12-15-9-6-4-5-8(9)11(14)16-12/h4-6H2,1-3H3. The van der Waals surface area contributed by atoms with Crippen LogP contribution >= 0.6 is 11.6 Å². The largest absolute Gasteiger partial charge is 0.481 e. The van der Waals surface area contributed by atoms with Crippen molar-refractivity contribution < 1.29 is 4.74 Å². The third-order valence-corrected chi connectivity index (χ3v) is 3.78. The van der Waals surface area contributed by atoms with E-state index in [1.54, 1.807) is 11.8 Å². The Kier molecular flexibility index (Phi) is 2.93. The van der Waals surface area contributed by atoms with Gasteiger partial charge in [-0.2, -0.15) is 5.10 Å². The van der Waals surface area contributed by atoms with E-state index in [1.807, 2.05) is 14.0 Å². The fraction of sp³-hybridized carbons (Fsp3) is 0.462. The lowest BCUT2D eigenvalue weighted by molar-refractivity contribution is 0.374. The number of ether oxygens (including phenoxy) is 1. The van der Waals surface area contributed by atoms with Crippen LogP contribution in [0.4, 0.5) is 0 Å². The molecule has 0 radical (unpaired) electrons. The van der Waals surface area contributed by atoms with Crippen LogP contribution in [0.5, 0.6) is 5.88 Å². The molecule has 0 amide bonds. The highest BCUT2D eigenvalue weighted by Crippen LogP contribution is 2.34. The molecule has 2 aromatic rings. The highest BCUT2D eigenvalue weighted by molar-refractivity contribution is 6.30. The maximum absolute atomic E-state index is 6.26. The van der Waals surface area contributed by atoms with Crippen LogP contribution in [-0.4, -0.2) is 26.9 Å². The molecule has 0 fully saturated rings. The molecule has 0 bridgehead atoms. The van der Waals surface area contributed by atoms with Gasteiger partial charge in [0.25, 0.3) is 0 Å². The SMILES string of the molecule is COc1c(-c2nc(Cl)c3c(n2)CCC3)c(C)nn1C. The first-order chi connectivity index (χ1) is 9.11. The number of rotatable bonds is 2. The van der Waals surface area contributed by atoms with Crippen LogP contribution in [0.1, 0.15) is 23.4 Å².